The lowest BCUT2D eigenvalue weighted by atomic mass is 9.94. The summed E-state index contributed by atoms with van der Waals surface area (Å²) in [5, 5.41) is 6.41. The molecule has 0 spiro atoms. The second-order valence-corrected chi connectivity index (χ2v) is 17.3. The number of carbonyl (C=O) groups is 4. The van der Waals surface area contributed by atoms with Gasteiger partial charge in [-0.15, -0.1) is 0 Å². The van der Waals surface area contributed by atoms with Gasteiger partial charge in [0.05, 0.1) is 44.1 Å². The smallest absolute Gasteiger partial charge is 0.369 e. The summed E-state index contributed by atoms with van der Waals surface area (Å²) in [5.41, 5.74) is 3.56. The number of imide groups is 2. The molecule has 4 aromatic carbocycles. The van der Waals surface area contributed by atoms with E-state index < -0.39 is 40.4 Å². The molecule has 0 atom stereocenters. The number of rotatable bonds is 6. The largest absolute Gasteiger partial charge is 0.417 e. The molecule has 18 heteroatoms. The van der Waals surface area contributed by atoms with Crippen LogP contribution in [0.3, 0.4) is 0 Å². The van der Waals surface area contributed by atoms with Crippen molar-refractivity contribution in [3.63, 3.8) is 0 Å². The molecule has 14 nitrogen and oxygen atoms in total. The molecule has 7 heterocycles. The van der Waals surface area contributed by atoms with Crippen LogP contribution in [-0.2, 0) is 25.4 Å². The first-order valence-electron chi connectivity index (χ1n) is 21.6. The van der Waals surface area contributed by atoms with Gasteiger partial charge in [0.15, 0.2) is 0 Å². The molecule has 4 aliphatic heterocycles. The van der Waals surface area contributed by atoms with Crippen LogP contribution in [-0.4, -0.2) is 120 Å². The monoisotopic (exact) mass is 926 g/mol. The highest BCUT2D eigenvalue weighted by Crippen LogP contribution is 2.45. The molecule has 2 saturated heterocycles. The van der Waals surface area contributed by atoms with Gasteiger partial charge in [0, 0.05) is 114 Å². The number of benzene rings is 4. The van der Waals surface area contributed by atoms with Gasteiger partial charge in [-0.05, 0) is 44.4 Å². The maximum Gasteiger partial charge on any atom is 0.417 e. The molecule has 4 N–H and O–H groups in total. The number of nitrogens with one attached hydrogen (secondary N) is 4. The standard InChI is InChI=1S/C25H22N6O2.C24H20ClF3N4O2/c1-30-10-12-31(13-11-30)25-27-19-9-5-3-7-16(19)22(28-25)21-20(23(32)29-24(21)33)17-14-26-18-8-4-2-6-15(17)18;1-31-6-8-32(9-7-31)13-10-15(21(25)17(11-13)24(26,27)28)19-20(23(34)30-22(19)33)16-12-29-18-5-3-2-4-14(16)18/h2-9,14,26H,10-13H2,1H3,(H,29,32,33);2-5,10-12,29H,6-9H2,1H3,(H,30,33,34). The van der Waals surface area contributed by atoms with E-state index in [0.29, 0.717) is 71.2 Å². The van der Waals surface area contributed by atoms with E-state index in [9.17, 15) is 32.3 Å². The number of hydrogen-bond donors (Lipinski definition) is 4. The quantitative estimate of drug-likeness (QED) is 0.134. The predicted octanol–water partition coefficient (Wildman–Crippen LogP) is 6.59. The number of halogens is 4. The molecule has 0 saturated carbocycles. The number of hydrogen-bond acceptors (Lipinski definition) is 10. The topological polar surface area (TPSA) is 163 Å². The first-order chi connectivity index (χ1) is 32.2. The molecule has 2 fully saturated rings. The minimum Gasteiger partial charge on any atom is -0.369 e. The molecule has 0 radical (unpaired) electrons. The summed E-state index contributed by atoms with van der Waals surface area (Å²) in [6.45, 7) is 5.83. The number of para-hydroxylation sites is 3. The molecule has 11 rings (SSSR count). The van der Waals surface area contributed by atoms with Crippen molar-refractivity contribution < 1.29 is 32.3 Å². The van der Waals surface area contributed by atoms with Crippen molar-refractivity contribution in [2.45, 2.75) is 6.18 Å². The second kappa shape index (κ2) is 17.1. The normalized spacial score (nSPS) is 17.6. The molecular formula is C49H42ClF3N10O4. The van der Waals surface area contributed by atoms with Crippen LogP contribution < -0.4 is 20.4 Å². The van der Waals surface area contributed by atoms with Crippen LogP contribution in [0.25, 0.3) is 55.0 Å². The van der Waals surface area contributed by atoms with Gasteiger partial charge in [-0.3, -0.25) is 29.8 Å². The summed E-state index contributed by atoms with van der Waals surface area (Å²) in [4.78, 5) is 76.1. The first kappa shape index (κ1) is 43.5. The Balaban J connectivity index is 0.000000157. The molecule has 7 aromatic rings. The number of nitrogens with zero attached hydrogens (tertiary/aromatic N) is 6. The van der Waals surface area contributed by atoms with Gasteiger partial charge in [-0.25, -0.2) is 9.97 Å². The van der Waals surface area contributed by atoms with Crippen LogP contribution in [0, 0.1) is 0 Å². The Hall–Kier alpha value is -7.34. The Morgan fingerprint density at radius 2 is 1.01 bits per heavy atom. The zero-order valence-electron chi connectivity index (χ0n) is 36.2. The zero-order valence-corrected chi connectivity index (χ0v) is 37.0. The average molecular weight is 927 g/mol. The summed E-state index contributed by atoms with van der Waals surface area (Å²) in [6, 6.07) is 25.0. The lowest BCUT2D eigenvalue weighted by Crippen LogP contribution is -2.45. The molecule has 0 unspecified atom stereocenters. The van der Waals surface area contributed by atoms with Gasteiger partial charge in [0.2, 0.25) is 5.95 Å². The van der Waals surface area contributed by atoms with E-state index in [1.807, 2.05) is 66.5 Å². The van der Waals surface area contributed by atoms with Crippen LogP contribution in [0.1, 0.15) is 27.9 Å². The molecule has 67 heavy (non-hydrogen) atoms. The molecule has 0 aliphatic carbocycles. The lowest BCUT2D eigenvalue weighted by Gasteiger charge is -2.34. The number of fused-ring (bicyclic) bond motifs is 3. The Morgan fingerprint density at radius 1 is 0.552 bits per heavy atom. The van der Waals surface area contributed by atoms with Crippen molar-refractivity contribution in [3.05, 3.63) is 130 Å². The third-order valence-electron chi connectivity index (χ3n) is 12.7. The predicted molar refractivity (Wildman–Crippen MR) is 252 cm³/mol. The van der Waals surface area contributed by atoms with E-state index in [1.165, 1.54) is 6.07 Å². The summed E-state index contributed by atoms with van der Waals surface area (Å²) >= 11 is 6.29. The molecular weight excluding hydrogens is 885 g/mol. The van der Waals surface area contributed by atoms with E-state index in [1.54, 1.807) is 30.6 Å². The highest BCUT2D eigenvalue weighted by Gasteiger charge is 2.40. The zero-order chi connectivity index (χ0) is 46.7. The van der Waals surface area contributed by atoms with E-state index in [0.717, 1.165) is 59.6 Å². The number of piperazine rings is 2. The van der Waals surface area contributed by atoms with Gasteiger partial charge < -0.3 is 29.6 Å². The number of aromatic nitrogens is 4. The number of likely N-dealkylation sites (N-methyl/N-ethyl adjacent to an activating group) is 2. The fourth-order valence-corrected chi connectivity index (χ4v) is 9.42. The van der Waals surface area contributed by atoms with E-state index in [2.05, 4.69) is 42.3 Å². The van der Waals surface area contributed by atoms with Crippen molar-refractivity contribution >= 4 is 102 Å². The first-order valence-corrected chi connectivity index (χ1v) is 22.0. The van der Waals surface area contributed by atoms with E-state index in [4.69, 9.17) is 21.6 Å². The summed E-state index contributed by atoms with van der Waals surface area (Å²) in [6.07, 6.45) is -1.39. The minimum absolute atomic E-state index is 0.00648. The SMILES string of the molecule is CN1CCN(c2cc(C3=C(c4c[nH]c5ccccc45)C(=O)NC3=O)c(Cl)c(C(F)(F)F)c2)CC1.CN1CCN(c2nc(C3=C(c4c[nH]c5ccccc45)C(=O)NC3=O)c3ccccc3n2)CC1. The number of H-pyrrole nitrogens is 2. The third-order valence-corrected chi connectivity index (χ3v) is 13.1. The van der Waals surface area contributed by atoms with Crippen molar-refractivity contribution in [1.82, 2.24) is 40.4 Å². The van der Waals surface area contributed by atoms with Crippen LogP contribution in [0.4, 0.5) is 24.8 Å². The number of carbonyl (C=O) groups excluding carboxylic acids is 4. The Labute approximate surface area is 386 Å². The van der Waals surface area contributed by atoms with Gasteiger partial charge in [0.1, 0.15) is 0 Å². The Morgan fingerprint density at radius 3 is 1.57 bits per heavy atom. The summed E-state index contributed by atoms with van der Waals surface area (Å²) in [5.74, 6) is -1.73. The van der Waals surface area contributed by atoms with Gasteiger partial charge >= 0.3 is 6.18 Å². The van der Waals surface area contributed by atoms with Crippen molar-refractivity contribution in [2.24, 2.45) is 0 Å². The van der Waals surface area contributed by atoms with Gasteiger partial charge in [-0.2, -0.15) is 13.2 Å². The number of aromatic amines is 2. The fourth-order valence-electron chi connectivity index (χ4n) is 9.11. The number of alkyl halides is 3. The van der Waals surface area contributed by atoms with E-state index >= 15 is 0 Å². The summed E-state index contributed by atoms with van der Waals surface area (Å²) < 4.78 is 41.9. The van der Waals surface area contributed by atoms with Crippen molar-refractivity contribution in [3.8, 4) is 0 Å². The van der Waals surface area contributed by atoms with E-state index in [-0.39, 0.29) is 16.7 Å². The van der Waals surface area contributed by atoms with Crippen molar-refractivity contribution in [1.29, 1.82) is 0 Å². The van der Waals surface area contributed by atoms with Crippen LogP contribution in [0.5, 0.6) is 0 Å². The minimum atomic E-state index is -4.74. The Kier molecular flexibility index (Phi) is 11.1. The molecule has 4 aliphatic rings. The highest BCUT2D eigenvalue weighted by atomic mass is 35.5. The van der Waals surface area contributed by atoms with Gasteiger partial charge in [-0.1, -0.05) is 66.2 Å². The highest BCUT2D eigenvalue weighted by molar-refractivity contribution is 6.52. The molecule has 4 amide bonds. The fraction of sp³-hybridized carbons (Fsp3) is 0.224. The average Bonchev–Trinajstić information content (AvgIpc) is 4.08. The third kappa shape index (κ3) is 7.98. The molecule has 340 valence electrons. The Bertz CT molecular complexity index is 3250. The maximum atomic E-state index is 14.0. The van der Waals surface area contributed by atoms with Gasteiger partial charge in [0.25, 0.3) is 23.6 Å². The van der Waals surface area contributed by atoms with Crippen LogP contribution in [0.2, 0.25) is 5.02 Å². The summed E-state index contributed by atoms with van der Waals surface area (Å²) in [7, 11) is 4.04. The maximum absolute atomic E-state index is 14.0. The van der Waals surface area contributed by atoms with Crippen LogP contribution in [0.15, 0.2) is 97.3 Å². The van der Waals surface area contributed by atoms with Crippen molar-refractivity contribution in [2.75, 3.05) is 76.3 Å². The number of amides is 4. The lowest BCUT2D eigenvalue weighted by molar-refractivity contribution is -0.137. The number of anilines is 2. The van der Waals surface area contributed by atoms with Crippen LogP contribution >= 0.6 is 11.6 Å². The molecule has 0 bridgehead atoms. The second-order valence-electron chi connectivity index (χ2n) is 16.9. The molecule has 3 aromatic heterocycles.